The molecule has 0 bridgehead atoms. The Morgan fingerprint density at radius 1 is 0.750 bits per heavy atom. The number of rotatable bonds is 14. The lowest BCUT2D eigenvalue weighted by molar-refractivity contribution is -0.147. The Bertz CT molecular complexity index is 213. The Morgan fingerprint density at radius 2 is 1.15 bits per heavy atom. The topological polar surface area (TPSA) is 26.3 Å². The number of unbranched alkanes of at least 4 members (excludes halogenated alkanes) is 9. The first kappa shape index (κ1) is 19.5. The van der Waals surface area contributed by atoms with Crippen molar-refractivity contribution in [1.82, 2.24) is 0 Å². The van der Waals surface area contributed by atoms with Crippen LogP contribution in [0.5, 0.6) is 0 Å². The van der Waals surface area contributed by atoms with Crippen LogP contribution < -0.4 is 0 Å². The Kier molecular flexibility index (Phi) is 14.5. The van der Waals surface area contributed by atoms with Crippen molar-refractivity contribution in [2.75, 3.05) is 0 Å². The second-order valence-corrected chi connectivity index (χ2v) is 5.99. The van der Waals surface area contributed by atoms with Gasteiger partial charge in [-0.1, -0.05) is 71.6 Å². The Labute approximate surface area is 126 Å². The molecule has 0 saturated heterocycles. The Morgan fingerprint density at radius 3 is 1.55 bits per heavy atom. The van der Waals surface area contributed by atoms with Gasteiger partial charge in [0.05, 0.1) is 0 Å². The van der Waals surface area contributed by atoms with Gasteiger partial charge in [0.2, 0.25) is 0 Å². The number of ether oxygens (including phenoxy) is 1. The second kappa shape index (κ2) is 14.9. The van der Waals surface area contributed by atoms with Crippen LogP contribution >= 0.6 is 0 Å². The summed E-state index contributed by atoms with van der Waals surface area (Å²) >= 11 is 0. The highest BCUT2D eigenvalue weighted by atomic mass is 16.5. The molecule has 0 heterocycles. The molecule has 0 aromatic heterocycles. The van der Waals surface area contributed by atoms with Crippen molar-refractivity contribution in [3.05, 3.63) is 0 Å². The van der Waals surface area contributed by atoms with E-state index >= 15 is 0 Å². The fourth-order valence-corrected chi connectivity index (χ4v) is 2.62. The zero-order valence-corrected chi connectivity index (χ0v) is 14.1. The molecule has 0 aliphatic rings. The monoisotopic (exact) mass is 284 g/mol. The third-order valence-corrected chi connectivity index (χ3v) is 3.84. The van der Waals surface area contributed by atoms with Crippen molar-refractivity contribution in [2.45, 2.75) is 110 Å². The molecular weight excluding hydrogens is 248 g/mol. The minimum absolute atomic E-state index is 0.116. The van der Waals surface area contributed by atoms with Crippen LogP contribution in [0.25, 0.3) is 0 Å². The summed E-state index contributed by atoms with van der Waals surface area (Å²) in [5, 5.41) is 0. The van der Waals surface area contributed by atoms with Crippen LogP contribution in [0.3, 0.4) is 0 Å². The van der Waals surface area contributed by atoms with Crippen molar-refractivity contribution in [3.63, 3.8) is 0 Å². The minimum atomic E-state index is -0.116. The number of hydrogen-bond acceptors (Lipinski definition) is 2. The first-order chi connectivity index (χ1) is 9.70. The molecule has 0 rings (SSSR count). The van der Waals surface area contributed by atoms with Crippen LogP contribution in [-0.2, 0) is 9.53 Å². The summed E-state index contributed by atoms with van der Waals surface area (Å²) < 4.78 is 5.45. The van der Waals surface area contributed by atoms with Gasteiger partial charge in [-0.15, -0.1) is 0 Å². The molecule has 2 nitrogen and oxygen atoms in total. The first-order valence-corrected chi connectivity index (χ1v) is 8.87. The van der Waals surface area contributed by atoms with Crippen LogP contribution in [0.15, 0.2) is 0 Å². The van der Waals surface area contributed by atoms with E-state index in [0.717, 1.165) is 12.8 Å². The van der Waals surface area contributed by atoms with E-state index in [4.69, 9.17) is 4.74 Å². The molecule has 20 heavy (non-hydrogen) atoms. The maximum atomic E-state index is 11.1. The van der Waals surface area contributed by atoms with Crippen molar-refractivity contribution < 1.29 is 9.53 Å². The zero-order valence-electron chi connectivity index (χ0n) is 14.1. The van der Waals surface area contributed by atoms with Crippen LogP contribution in [0.2, 0.25) is 0 Å². The highest BCUT2D eigenvalue weighted by Crippen LogP contribution is 2.16. The lowest BCUT2D eigenvalue weighted by atomic mass is 10.0. The summed E-state index contributed by atoms with van der Waals surface area (Å²) in [5.41, 5.74) is 0. The van der Waals surface area contributed by atoms with Gasteiger partial charge >= 0.3 is 5.97 Å². The summed E-state index contributed by atoms with van der Waals surface area (Å²) in [5.74, 6) is -0.116. The summed E-state index contributed by atoms with van der Waals surface area (Å²) in [6.07, 6.45) is 16.5. The molecule has 0 N–H and O–H groups in total. The number of hydrogen-bond donors (Lipinski definition) is 0. The predicted molar refractivity (Wildman–Crippen MR) is 86.9 cm³/mol. The quantitative estimate of drug-likeness (QED) is 0.287. The van der Waals surface area contributed by atoms with Gasteiger partial charge in [0.1, 0.15) is 6.10 Å². The molecule has 0 fully saturated rings. The fourth-order valence-electron chi connectivity index (χ4n) is 2.62. The van der Waals surface area contributed by atoms with E-state index < -0.39 is 0 Å². The average Bonchev–Trinajstić information content (AvgIpc) is 2.41. The van der Waals surface area contributed by atoms with Crippen LogP contribution in [0, 0.1) is 0 Å². The SMILES string of the molecule is CCCCCCCCC(CCCCCCC)OC(C)=O. The second-order valence-electron chi connectivity index (χ2n) is 5.99. The molecule has 1 atom stereocenters. The Balaban J connectivity index is 3.65. The van der Waals surface area contributed by atoms with Crippen molar-refractivity contribution >= 4 is 5.97 Å². The van der Waals surface area contributed by atoms with Gasteiger partial charge < -0.3 is 4.74 Å². The molecule has 120 valence electrons. The van der Waals surface area contributed by atoms with Gasteiger partial charge in [-0.05, 0) is 25.7 Å². The van der Waals surface area contributed by atoms with Crippen molar-refractivity contribution in [3.8, 4) is 0 Å². The van der Waals surface area contributed by atoms with E-state index in [1.54, 1.807) is 0 Å². The molecule has 0 aromatic carbocycles. The third-order valence-electron chi connectivity index (χ3n) is 3.84. The normalized spacial score (nSPS) is 12.3. The zero-order chi connectivity index (χ0) is 15.1. The molecule has 0 aliphatic heterocycles. The maximum absolute atomic E-state index is 11.1. The van der Waals surface area contributed by atoms with Crippen LogP contribution in [-0.4, -0.2) is 12.1 Å². The fraction of sp³-hybridized carbons (Fsp3) is 0.944. The summed E-state index contributed by atoms with van der Waals surface area (Å²) in [6, 6.07) is 0. The first-order valence-electron chi connectivity index (χ1n) is 8.87. The van der Waals surface area contributed by atoms with Crippen LogP contribution in [0.4, 0.5) is 0 Å². The smallest absolute Gasteiger partial charge is 0.302 e. The molecule has 0 saturated carbocycles. The third kappa shape index (κ3) is 13.9. The highest BCUT2D eigenvalue weighted by molar-refractivity contribution is 5.66. The lowest BCUT2D eigenvalue weighted by Crippen LogP contribution is -2.16. The largest absolute Gasteiger partial charge is 0.463 e. The molecule has 0 aliphatic carbocycles. The van der Waals surface area contributed by atoms with Gasteiger partial charge in [0, 0.05) is 6.92 Å². The average molecular weight is 284 g/mol. The molecule has 0 spiro atoms. The van der Waals surface area contributed by atoms with E-state index in [1.165, 1.54) is 77.6 Å². The number of carbonyl (C=O) groups excluding carboxylic acids is 1. The summed E-state index contributed by atoms with van der Waals surface area (Å²) in [4.78, 5) is 11.1. The van der Waals surface area contributed by atoms with E-state index in [2.05, 4.69) is 13.8 Å². The molecule has 2 heteroatoms. The predicted octanol–water partition coefficient (Wildman–Crippen LogP) is 6.03. The maximum Gasteiger partial charge on any atom is 0.302 e. The highest BCUT2D eigenvalue weighted by Gasteiger charge is 2.11. The molecule has 1 unspecified atom stereocenters. The Hall–Kier alpha value is -0.530. The lowest BCUT2D eigenvalue weighted by Gasteiger charge is -2.17. The van der Waals surface area contributed by atoms with E-state index in [-0.39, 0.29) is 12.1 Å². The van der Waals surface area contributed by atoms with Gasteiger partial charge in [0.25, 0.3) is 0 Å². The van der Waals surface area contributed by atoms with Crippen LogP contribution in [0.1, 0.15) is 104 Å². The van der Waals surface area contributed by atoms with E-state index in [0.29, 0.717) is 0 Å². The van der Waals surface area contributed by atoms with Gasteiger partial charge in [0.15, 0.2) is 0 Å². The van der Waals surface area contributed by atoms with E-state index in [9.17, 15) is 4.79 Å². The standard InChI is InChI=1S/C18H36O2/c1-4-6-8-10-12-14-16-18(20-17(3)19)15-13-11-9-7-5-2/h18H,4-16H2,1-3H3. The molecule has 0 radical (unpaired) electrons. The number of esters is 1. The molecule has 0 aromatic rings. The van der Waals surface area contributed by atoms with Gasteiger partial charge in [-0.3, -0.25) is 4.79 Å². The van der Waals surface area contributed by atoms with Gasteiger partial charge in [-0.2, -0.15) is 0 Å². The summed E-state index contributed by atoms with van der Waals surface area (Å²) in [7, 11) is 0. The number of carbonyl (C=O) groups is 1. The molecular formula is C18H36O2. The molecule has 0 amide bonds. The summed E-state index contributed by atoms with van der Waals surface area (Å²) in [6.45, 7) is 6.01. The van der Waals surface area contributed by atoms with Crippen molar-refractivity contribution in [2.24, 2.45) is 0 Å². The minimum Gasteiger partial charge on any atom is -0.463 e. The van der Waals surface area contributed by atoms with Crippen molar-refractivity contribution in [1.29, 1.82) is 0 Å². The van der Waals surface area contributed by atoms with Gasteiger partial charge in [-0.25, -0.2) is 0 Å². The van der Waals surface area contributed by atoms with E-state index in [1.807, 2.05) is 0 Å².